The number of amides is 2. The number of urea groups is 1. The molecule has 1 aliphatic heterocycles. The fourth-order valence-electron chi connectivity index (χ4n) is 2.85. The van der Waals surface area contributed by atoms with Crippen LogP contribution in [0.4, 0.5) is 18.0 Å². The topological polar surface area (TPSA) is 67.9 Å². The zero-order valence-electron chi connectivity index (χ0n) is 14.5. The normalized spacial score (nSPS) is 18.0. The second-order valence-electron chi connectivity index (χ2n) is 5.60. The van der Waals surface area contributed by atoms with Crippen molar-refractivity contribution in [3.8, 4) is 0 Å². The Hall–Kier alpha value is -2.55. The molecule has 26 heavy (non-hydrogen) atoms. The van der Waals surface area contributed by atoms with Gasteiger partial charge in [0.05, 0.1) is 37.4 Å². The van der Waals surface area contributed by atoms with Crippen molar-refractivity contribution in [2.75, 3.05) is 27.4 Å². The number of methoxy groups -OCH3 is 2. The minimum Gasteiger partial charge on any atom is -0.466 e. The lowest BCUT2D eigenvalue weighted by atomic mass is 9.91. The number of hydrogen-bond acceptors (Lipinski definition) is 4. The Labute approximate surface area is 148 Å². The summed E-state index contributed by atoms with van der Waals surface area (Å²) in [7, 11) is 2.58. The zero-order chi connectivity index (χ0) is 19.5. The van der Waals surface area contributed by atoms with Gasteiger partial charge < -0.3 is 14.8 Å². The Kier molecular flexibility index (Phi) is 5.91. The van der Waals surface area contributed by atoms with Crippen LogP contribution in [0, 0.1) is 0 Å². The van der Waals surface area contributed by atoms with Crippen LogP contribution in [-0.4, -0.2) is 44.3 Å². The second kappa shape index (κ2) is 7.77. The first-order valence-electron chi connectivity index (χ1n) is 7.74. The van der Waals surface area contributed by atoms with Gasteiger partial charge in [-0.15, -0.1) is 0 Å². The molecule has 1 N–H and O–H groups in total. The summed E-state index contributed by atoms with van der Waals surface area (Å²) in [4.78, 5) is 25.9. The fourth-order valence-corrected chi connectivity index (χ4v) is 2.85. The van der Waals surface area contributed by atoms with Gasteiger partial charge in [0.15, 0.2) is 0 Å². The molecule has 1 heterocycles. The summed E-state index contributed by atoms with van der Waals surface area (Å²) in [6.07, 6.45) is -4.64. The number of alkyl halides is 3. The predicted molar refractivity (Wildman–Crippen MR) is 86.0 cm³/mol. The summed E-state index contributed by atoms with van der Waals surface area (Å²) in [5.74, 6) is -0.813. The largest absolute Gasteiger partial charge is 0.466 e. The maximum atomic E-state index is 13.4. The van der Waals surface area contributed by atoms with Crippen molar-refractivity contribution in [1.29, 1.82) is 0 Å². The molecular formula is C17H19F3N2O4. The third-order valence-electron chi connectivity index (χ3n) is 4.10. The Bertz CT molecular complexity index is 731. The van der Waals surface area contributed by atoms with E-state index < -0.39 is 29.8 Å². The number of carbonyl (C=O) groups excluding carboxylic acids is 2. The van der Waals surface area contributed by atoms with Crippen molar-refractivity contribution in [3.05, 3.63) is 46.7 Å². The molecule has 6 nitrogen and oxygen atoms in total. The van der Waals surface area contributed by atoms with E-state index >= 15 is 0 Å². The number of allylic oxidation sites excluding steroid dienone is 1. The maximum Gasteiger partial charge on any atom is 0.416 e. The first-order chi connectivity index (χ1) is 12.2. The number of nitrogens with zero attached hydrogens (tertiary/aromatic N) is 1. The van der Waals surface area contributed by atoms with Crippen LogP contribution in [0.3, 0.4) is 0 Å². The molecule has 0 radical (unpaired) electrons. The SMILES string of the molecule is COCCN1C(=O)N[C@@H](c2ccccc2C(F)(F)F)C(C(=O)OC)=C1C. The van der Waals surface area contributed by atoms with Crippen LogP contribution in [0.2, 0.25) is 0 Å². The summed E-state index contributed by atoms with van der Waals surface area (Å²) >= 11 is 0. The van der Waals surface area contributed by atoms with Gasteiger partial charge in [-0.2, -0.15) is 13.2 Å². The van der Waals surface area contributed by atoms with Crippen molar-refractivity contribution in [1.82, 2.24) is 10.2 Å². The second-order valence-corrected chi connectivity index (χ2v) is 5.60. The van der Waals surface area contributed by atoms with Gasteiger partial charge in [0, 0.05) is 12.8 Å². The molecular weight excluding hydrogens is 353 g/mol. The van der Waals surface area contributed by atoms with Gasteiger partial charge in [0.1, 0.15) is 0 Å². The maximum absolute atomic E-state index is 13.4. The van der Waals surface area contributed by atoms with Crippen LogP contribution in [0.5, 0.6) is 0 Å². The van der Waals surface area contributed by atoms with Gasteiger partial charge in [0.2, 0.25) is 0 Å². The Morgan fingerprint density at radius 1 is 1.27 bits per heavy atom. The number of esters is 1. The smallest absolute Gasteiger partial charge is 0.416 e. The Morgan fingerprint density at radius 2 is 1.92 bits per heavy atom. The van der Waals surface area contributed by atoms with Crippen LogP contribution in [-0.2, 0) is 20.4 Å². The standard InChI is InChI=1S/C17H19F3N2O4/c1-10-13(15(23)26-3)14(21-16(24)22(10)8-9-25-2)11-6-4-5-7-12(11)17(18,19)20/h4-7,14H,8-9H2,1-3H3,(H,21,24)/t14-/m0/s1. The highest BCUT2D eigenvalue weighted by Gasteiger charge is 2.41. The third-order valence-corrected chi connectivity index (χ3v) is 4.10. The molecule has 0 saturated carbocycles. The van der Waals surface area contributed by atoms with Crippen molar-refractivity contribution in [3.63, 3.8) is 0 Å². The molecule has 1 aromatic carbocycles. The van der Waals surface area contributed by atoms with E-state index in [1.807, 2.05) is 0 Å². The molecule has 9 heteroatoms. The molecule has 0 unspecified atom stereocenters. The summed E-state index contributed by atoms with van der Waals surface area (Å²) in [6, 6.07) is 2.91. The van der Waals surface area contributed by atoms with Gasteiger partial charge in [0.25, 0.3) is 0 Å². The molecule has 0 aromatic heterocycles. The van der Waals surface area contributed by atoms with Gasteiger partial charge in [-0.3, -0.25) is 4.90 Å². The minimum absolute atomic E-state index is 0.0556. The lowest BCUT2D eigenvalue weighted by Gasteiger charge is -2.35. The lowest BCUT2D eigenvalue weighted by Crippen LogP contribution is -2.49. The first-order valence-corrected chi connectivity index (χ1v) is 7.74. The Balaban J connectivity index is 2.60. The molecule has 2 rings (SSSR count). The highest BCUT2D eigenvalue weighted by atomic mass is 19.4. The van der Waals surface area contributed by atoms with E-state index in [4.69, 9.17) is 9.47 Å². The summed E-state index contributed by atoms with van der Waals surface area (Å²) in [5.41, 5.74) is -0.983. The van der Waals surface area contributed by atoms with E-state index in [1.54, 1.807) is 0 Å². The highest BCUT2D eigenvalue weighted by Crippen LogP contribution is 2.39. The van der Waals surface area contributed by atoms with Crippen molar-refractivity contribution < 1.29 is 32.2 Å². The predicted octanol–water partition coefficient (Wildman–Crippen LogP) is 2.87. The fraction of sp³-hybridized carbons (Fsp3) is 0.412. The number of hydrogen-bond donors (Lipinski definition) is 1. The van der Waals surface area contributed by atoms with E-state index in [9.17, 15) is 22.8 Å². The zero-order valence-corrected chi connectivity index (χ0v) is 14.5. The molecule has 1 atom stereocenters. The monoisotopic (exact) mass is 372 g/mol. The van der Waals surface area contributed by atoms with Crippen molar-refractivity contribution in [2.45, 2.75) is 19.1 Å². The molecule has 1 aliphatic rings. The number of ether oxygens (including phenoxy) is 2. The summed E-state index contributed by atoms with van der Waals surface area (Å²) in [6.45, 7) is 1.83. The van der Waals surface area contributed by atoms with Gasteiger partial charge in [-0.1, -0.05) is 18.2 Å². The molecule has 0 fully saturated rings. The van der Waals surface area contributed by atoms with E-state index in [-0.39, 0.29) is 30.0 Å². The van der Waals surface area contributed by atoms with Gasteiger partial charge in [-0.05, 0) is 18.6 Å². The summed E-state index contributed by atoms with van der Waals surface area (Å²) < 4.78 is 49.8. The molecule has 0 bridgehead atoms. The number of carbonyl (C=O) groups is 2. The average Bonchev–Trinajstić information content (AvgIpc) is 2.59. The van der Waals surface area contributed by atoms with Crippen LogP contribution in [0.15, 0.2) is 35.5 Å². The molecule has 0 aliphatic carbocycles. The molecule has 0 spiro atoms. The van der Waals surface area contributed by atoms with E-state index in [2.05, 4.69) is 5.32 Å². The molecule has 2 amide bonds. The molecule has 142 valence electrons. The number of rotatable bonds is 5. The van der Waals surface area contributed by atoms with Crippen LogP contribution in [0.1, 0.15) is 24.1 Å². The first kappa shape index (κ1) is 19.8. The number of halogens is 3. The van der Waals surface area contributed by atoms with Crippen LogP contribution >= 0.6 is 0 Å². The third kappa shape index (κ3) is 3.82. The quantitative estimate of drug-likeness (QED) is 0.807. The van der Waals surface area contributed by atoms with Crippen molar-refractivity contribution in [2.24, 2.45) is 0 Å². The van der Waals surface area contributed by atoms with Crippen LogP contribution < -0.4 is 5.32 Å². The van der Waals surface area contributed by atoms with Gasteiger partial charge >= 0.3 is 18.2 Å². The molecule has 0 saturated heterocycles. The van der Waals surface area contributed by atoms with Gasteiger partial charge in [-0.25, -0.2) is 9.59 Å². The average molecular weight is 372 g/mol. The van der Waals surface area contributed by atoms with E-state index in [0.29, 0.717) is 0 Å². The Morgan fingerprint density at radius 3 is 2.50 bits per heavy atom. The van der Waals surface area contributed by atoms with Crippen molar-refractivity contribution >= 4 is 12.0 Å². The van der Waals surface area contributed by atoms with Crippen LogP contribution in [0.25, 0.3) is 0 Å². The highest BCUT2D eigenvalue weighted by molar-refractivity contribution is 5.95. The summed E-state index contributed by atoms with van der Waals surface area (Å²) in [5, 5.41) is 2.47. The van der Waals surface area contributed by atoms with E-state index in [0.717, 1.165) is 13.2 Å². The number of benzene rings is 1. The lowest BCUT2D eigenvalue weighted by molar-refractivity contribution is -0.140. The number of nitrogens with one attached hydrogen (secondary N) is 1. The molecule has 1 aromatic rings. The minimum atomic E-state index is -4.64. The van der Waals surface area contributed by atoms with E-state index in [1.165, 1.54) is 37.1 Å².